The highest BCUT2D eigenvalue weighted by Gasteiger charge is 2.39. The van der Waals surface area contributed by atoms with Crippen LogP contribution in [0.4, 0.5) is 17.1 Å². The van der Waals surface area contributed by atoms with Crippen LogP contribution in [0.3, 0.4) is 0 Å². The van der Waals surface area contributed by atoms with Gasteiger partial charge in [0.25, 0.3) is 17.7 Å². The molecule has 9 nitrogen and oxygen atoms in total. The fourth-order valence-corrected chi connectivity index (χ4v) is 3.88. The van der Waals surface area contributed by atoms with E-state index in [0.29, 0.717) is 41.4 Å². The molecule has 3 amide bonds. The Hall–Kier alpha value is -4.63. The second-order valence-corrected chi connectivity index (χ2v) is 8.59. The standard InChI is InChI=1S/C28H24ClN3O6/c1-3-14-38-28(36)18-7-5-9-20(16-18)31-25(33)17-6-4-8-19(15-17)30-24-23(29)26(34)32(27(24)35)21-10-12-22(37-2)13-11-21/h4-13,15-16,30H,3,14H2,1-2H3,(H,31,33). The molecule has 3 aromatic carbocycles. The first-order valence-corrected chi connectivity index (χ1v) is 12.1. The molecule has 0 bridgehead atoms. The molecule has 0 aliphatic carbocycles. The van der Waals surface area contributed by atoms with Crippen molar-refractivity contribution in [2.75, 3.05) is 29.3 Å². The summed E-state index contributed by atoms with van der Waals surface area (Å²) in [4.78, 5) is 51.8. The molecule has 0 saturated carbocycles. The topological polar surface area (TPSA) is 114 Å². The third-order valence-corrected chi connectivity index (χ3v) is 5.90. The molecule has 0 saturated heterocycles. The molecule has 1 aliphatic rings. The predicted octanol–water partition coefficient (Wildman–Crippen LogP) is 4.95. The van der Waals surface area contributed by atoms with Gasteiger partial charge in [0.1, 0.15) is 16.5 Å². The third-order valence-electron chi connectivity index (χ3n) is 5.55. The maximum absolute atomic E-state index is 13.1. The molecule has 0 radical (unpaired) electrons. The van der Waals surface area contributed by atoms with E-state index in [0.717, 1.165) is 4.90 Å². The van der Waals surface area contributed by atoms with Gasteiger partial charge >= 0.3 is 5.97 Å². The number of carbonyl (C=O) groups excluding carboxylic acids is 4. The van der Waals surface area contributed by atoms with Crippen molar-refractivity contribution in [3.63, 3.8) is 0 Å². The van der Waals surface area contributed by atoms with Crippen molar-refractivity contribution < 1.29 is 28.7 Å². The highest BCUT2D eigenvalue weighted by Crippen LogP contribution is 2.31. The molecule has 0 spiro atoms. The van der Waals surface area contributed by atoms with Gasteiger partial charge < -0.3 is 20.1 Å². The van der Waals surface area contributed by atoms with Crippen molar-refractivity contribution in [3.8, 4) is 5.75 Å². The number of halogens is 1. The number of nitrogens with zero attached hydrogens (tertiary/aromatic N) is 1. The number of methoxy groups -OCH3 is 1. The van der Waals surface area contributed by atoms with Crippen LogP contribution in [0.2, 0.25) is 0 Å². The van der Waals surface area contributed by atoms with Gasteiger partial charge in [-0.05, 0) is 67.1 Å². The Morgan fingerprint density at radius 3 is 2.24 bits per heavy atom. The van der Waals surface area contributed by atoms with Gasteiger partial charge in [-0.3, -0.25) is 14.4 Å². The lowest BCUT2D eigenvalue weighted by Crippen LogP contribution is -2.32. The van der Waals surface area contributed by atoms with Gasteiger partial charge in [-0.25, -0.2) is 9.69 Å². The summed E-state index contributed by atoms with van der Waals surface area (Å²) in [6.07, 6.45) is 0.702. The number of anilines is 3. The lowest BCUT2D eigenvalue weighted by molar-refractivity contribution is -0.120. The van der Waals surface area contributed by atoms with Crippen LogP contribution in [-0.4, -0.2) is 37.4 Å². The highest BCUT2D eigenvalue weighted by atomic mass is 35.5. The summed E-state index contributed by atoms with van der Waals surface area (Å²) in [6, 6.07) is 19.2. The number of amides is 3. The Morgan fingerprint density at radius 1 is 0.895 bits per heavy atom. The number of hydrogen-bond donors (Lipinski definition) is 2. The number of ether oxygens (including phenoxy) is 2. The van der Waals surface area contributed by atoms with Crippen molar-refractivity contribution in [2.24, 2.45) is 0 Å². The summed E-state index contributed by atoms with van der Waals surface area (Å²) in [5.41, 5.74) is 1.61. The molecular weight excluding hydrogens is 510 g/mol. The number of imide groups is 1. The first-order chi connectivity index (χ1) is 18.3. The van der Waals surface area contributed by atoms with Crippen molar-refractivity contribution in [3.05, 3.63) is 94.7 Å². The average molecular weight is 534 g/mol. The number of carbonyl (C=O) groups is 4. The van der Waals surface area contributed by atoms with Crippen LogP contribution in [0.25, 0.3) is 0 Å². The fraction of sp³-hybridized carbons (Fsp3) is 0.143. The molecule has 0 fully saturated rings. The molecular formula is C28H24ClN3O6. The molecule has 4 rings (SSSR count). The van der Waals surface area contributed by atoms with E-state index in [2.05, 4.69) is 10.6 Å². The highest BCUT2D eigenvalue weighted by molar-refractivity contribution is 6.53. The van der Waals surface area contributed by atoms with E-state index in [-0.39, 0.29) is 16.3 Å². The van der Waals surface area contributed by atoms with E-state index in [4.69, 9.17) is 21.1 Å². The zero-order chi connectivity index (χ0) is 27.2. The number of benzene rings is 3. The van der Waals surface area contributed by atoms with E-state index >= 15 is 0 Å². The van der Waals surface area contributed by atoms with E-state index in [9.17, 15) is 19.2 Å². The first kappa shape index (κ1) is 26.4. The SMILES string of the molecule is CCCOC(=O)c1cccc(NC(=O)c2cccc(NC3=C(Cl)C(=O)N(c4ccc(OC)cc4)C3=O)c2)c1. The Labute approximate surface area is 224 Å². The second-order valence-electron chi connectivity index (χ2n) is 8.21. The smallest absolute Gasteiger partial charge is 0.338 e. The van der Waals surface area contributed by atoms with Crippen LogP contribution in [0, 0.1) is 0 Å². The van der Waals surface area contributed by atoms with E-state index in [1.54, 1.807) is 60.7 Å². The summed E-state index contributed by atoms with van der Waals surface area (Å²) in [7, 11) is 1.51. The van der Waals surface area contributed by atoms with Crippen molar-refractivity contribution in [1.29, 1.82) is 0 Å². The summed E-state index contributed by atoms with van der Waals surface area (Å²) < 4.78 is 10.3. The van der Waals surface area contributed by atoms with Crippen molar-refractivity contribution in [1.82, 2.24) is 0 Å². The summed E-state index contributed by atoms with van der Waals surface area (Å²) in [5.74, 6) is -1.65. The number of nitrogens with one attached hydrogen (secondary N) is 2. The fourth-order valence-electron chi connectivity index (χ4n) is 3.66. The maximum Gasteiger partial charge on any atom is 0.338 e. The molecule has 0 unspecified atom stereocenters. The van der Waals surface area contributed by atoms with E-state index < -0.39 is 23.7 Å². The monoisotopic (exact) mass is 533 g/mol. The Morgan fingerprint density at radius 2 is 1.55 bits per heavy atom. The summed E-state index contributed by atoms with van der Waals surface area (Å²) in [5, 5.41) is 5.34. The minimum absolute atomic E-state index is 0.108. The molecule has 3 aromatic rings. The minimum atomic E-state index is -0.671. The van der Waals surface area contributed by atoms with Crippen molar-refractivity contribution in [2.45, 2.75) is 13.3 Å². The minimum Gasteiger partial charge on any atom is -0.497 e. The van der Waals surface area contributed by atoms with Crippen LogP contribution in [0.5, 0.6) is 5.75 Å². The molecule has 194 valence electrons. The van der Waals surface area contributed by atoms with E-state index in [1.807, 2.05) is 6.92 Å². The summed E-state index contributed by atoms with van der Waals surface area (Å²) in [6.45, 7) is 2.20. The lowest BCUT2D eigenvalue weighted by Gasteiger charge is -2.15. The Bertz CT molecular complexity index is 1430. The van der Waals surface area contributed by atoms with Crippen LogP contribution >= 0.6 is 11.6 Å². The molecule has 2 N–H and O–H groups in total. The zero-order valence-corrected chi connectivity index (χ0v) is 21.4. The number of esters is 1. The van der Waals surface area contributed by atoms with Gasteiger partial charge in [0.15, 0.2) is 0 Å². The molecule has 38 heavy (non-hydrogen) atoms. The van der Waals surface area contributed by atoms with Gasteiger partial charge in [-0.15, -0.1) is 0 Å². The van der Waals surface area contributed by atoms with Crippen LogP contribution < -0.4 is 20.3 Å². The predicted molar refractivity (Wildman–Crippen MR) is 143 cm³/mol. The number of hydrogen-bond acceptors (Lipinski definition) is 7. The largest absolute Gasteiger partial charge is 0.497 e. The quantitative estimate of drug-likeness (QED) is 0.295. The van der Waals surface area contributed by atoms with Gasteiger partial charge in [-0.2, -0.15) is 0 Å². The van der Waals surface area contributed by atoms with Crippen LogP contribution in [0.1, 0.15) is 34.1 Å². The molecule has 1 heterocycles. The zero-order valence-electron chi connectivity index (χ0n) is 20.6. The van der Waals surface area contributed by atoms with Gasteiger partial charge in [0.05, 0.1) is 25.0 Å². The molecule has 0 aromatic heterocycles. The molecule has 1 aliphatic heterocycles. The summed E-state index contributed by atoms with van der Waals surface area (Å²) >= 11 is 6.22. The average Bonchev–Trinajstić information content (AvgIpc) is 3.14. The Balaban J connectivity index is 1.48. The molecule has 0 atom stereocenters. The molecule has 10 heteroatoms. The van der Waals surface area contributed by atoms with Gasteiger partial charge in [-0.1, -0.05) is 30.7 Å². The Kier molecular flexibility index (Phi) is 8.08. The van der Waals surface area contributed by atoms with Crippen LogP contribution in [0.15, 0.2) is 83.5 Å². The number of rotatable bonds is 9. The maximum atomic E-state index is 13.1. The second kappa shape index (κ2) is 11.6. The third kappa shape index (κ3) is 5.68. The van der Waals surface area contributed by atoms with Crippen LogP contribution in [-0.2, 0) is 14.3 Å². The normalized spacial score (nSPS) is 13.0. The van der Waals surface area contributed by atoms with Gasteiger partial charge in [0, 0.05) is 16.9 Å². The lowest BCUT2D eigenvalue weighted by atomic mass is 10.1. The van der Waals surface area contributed by atoms with E-state index in [1.165, 1.54) is 19.2 Å². The first-order valence-electron chi connectivity index (χ1n) is 11.7. The van der Waals surface area contributed by atoms with Crippen molar-refractivity contribution >= 4 is 52.4 Å². The van der Waals surface area contributed by atoms with Gasteiger partial charge in [0.2, 0.25) is 0 Å².